The summed E-state index contributed by atoms with van der Waals surface area (Å²) in [6.45, 7) is 2.53. The van der Waals surface area contributed by atoms with Crippen LogP contribution < -0.4 is 0 Å². The molecule has 0 bridgehead atoms. The lowest BCUT2D eigenvalue weighted by molar-refractivity contribution is -0.137. The molecule has 2 atom stereocenters. The van der Waals surface area contributed by atoms with Gasteiger partial charge >= 0.3 is 5.97 Å². The van der Waals surface area contributed by atoms with Gasteiger partial charge in [-0.15, -0.1) is 0 Å². The summed E-state index contributed by atoms with van der Waals surface area (Å²) in [7, 11) is -2.19. The number of rotatable bonds is 3. The van der Waals surface area contributed by atoms with E-state index in [1.54, 1.807) is 6.92 Å². The lowest BCUT2D eigenvalue weighted by atomic mass is 10.4. The third-order valence-electron chi connectivity index (χ3n) is 1.51. The second-order valence-electron chi connectivity index (χ2n) is 2.26. The fraction of sp³-hybridized carbons (Fsp3) is 0.833. The van der Waals surface area contributed by atoms with Crippen molar-refractivity contribution in [3.05, 3.63) is 0 Å². The second kappa shape index (κ2) is 3.88. The largest absolute Gasteiger partial charge is 0.465 e. The third kappa shape index (κ3) is 2.04. The summed E-state index contributed by atoms with van der Waals surface area (Å²) < 4.78 is 20.6. The Bertz CT molecular complexity index is 179. The van der Waals surface area contributed by atoms with Gasteiger partial charge in [0, 0.05) is 6.42 Å². The summed E-state index contributed by atoms with van der Waals surface area (Å²) in [6.07, 6.45) is 0.538. The monoisotopic (exact) mass is 178 g/mol. The molecule has 1 fully saturated rings. The Balaban J connectivity index is 2.46. The first kappa shape index (κ1) is 8.75. The van der Waals surface area contributed by atoms with Crippen LogP contribution in [0.3, 0.4) is 0 Å². The van der Waals surface area contributed by atoms with E-state index in [2.05, 4.69) is 4.74 Å². The Kier molecular flexibility index (Phi) is 3.09. The molecule has 0 spiro atoms. The van der Waals surface area contributed by atoms with Crippen LogP contribution >= 0.6 is 8.03 Å². The molecular weight excluding hydrogens is 167 g/mol. The molecule has 1 aliphatic heterocycles. The molecule has 0 N–H and O–H groups in total. The van der Waals surface area contributed by atoms with Crippen LogP contribution in [0.2, 0.25) is 0 Å². The van der Waals surface area contributed by atoms with Crippen molar-refractivity contribution < 1.29 is 18.6 Å². The molecule has 0 aromatic heterocycles. The maximum absolute atomic E-state index is 11.1. The van der Waals surface area contributed by atoms with Gasteiger partial charge in [-0.05, 0) is 6.92 Å². The van der Waals surface area contributed by atoms with Crippen LogP contribution in [-0.2, 0) is 18.6 Å². The Labute approximate surface area is 65.7 Å². The number of hydrogen-bond acceptors (Lipinski definition) is 4. The molecule has 64 valence electrons. The highest BCUT2D eigenvalue weighted by Crippen LogP contribution is 2.35. The van der Waals surface area contributed by atoms with Gasteiger partial charge in [0.2, 0.25) is 8.03 Å². The maximum atomic E-state index is 11.1. The van der Waals surface area contributed by atoms with Gasteiger partial charge in [0.05, 0.1) is 13.2 Å². The summed E-state index contributed by atoms with van der Waals surface area (Å²) in [5.74, 6) is -0.373. The Morgan fingerprint density at radius 1 is 1.82 bits per heavy atom. The molecular formula is C6H11O4P. The van der Waals surface area contributed by atoms with Crippen molar-refractivity contribution in [2.75, 3.05) is 13.2 Å². The molecule has 1 saturated heterocycles. The number of carbonyl (C=O) groups excluding carboxylic acids is 1. The van der Waals surface area contributed by atoms with Crippen molar-refractivity contribution in [2.45, 2.75) is 19.0 Å². The van der Waals surface area contributed by atoms with Gasteiger partial charge in [-0.3, -0.25) is 9.36 Å². The van der Waals surface area contributed by atoms with Crippen LogP contribution in [0.15, 0.2) is 0 Å². The standard InChI is InChI=1S/C6H11O4P/c1-2-10-11(8)5-3-4-9-6(5)7/h5,11H,2-4H2,1H3. The maximum Gasteiger partial charge on any atom is 0.318 e. The van der Waals surface area contributed by atoms with Crippen molar-refractivity contribution in [1.29, 1.82) is 0 Å². The predicted molar refractivity (Wildman–Crippen MR) is 40.0 cm³/mol. The normalized spacial score (nSPS) is 26.6. The first-order valence-corrected chi connectivity index (χ1v) is 4.98. The van der Waals surface area contributed by atoms with Crippen molar-refractivity contribution in [3.8, 4) is 0 Å². The van der Waals surface area contributed by atoms with E-state index in [0.29, 0.717) is 19.6 Å². The average molecular weight is 178 g/mol. The molecule has 1 rings (SSSR count). The summed E-state index contributed by atoms with van der Waals surface area (Å²) in [5, 5.41) is 0. The van der Waals surface area contributed by atoms with Crippen LogP contribution in [0.1, 0.15) is 13.3 Å². The number of esters is 1. The van der Waals surface area contributed by atoms with Crippen molar-refractivity contribution in [1.82, 2.24) is 0 Å². The molecule has 1 heterocycles. The van der Waals surface area contributed by atoms with Gasteiger partial charge in [-0.1, -0.05) is 0 Å². The number of carbonyl (C=O) groups is 1. The minimum absolute atomic E-state index is 0.373. The number of cyclic esters (lactones) is 1. The van der Waals surface area contributed by atoms with Gasteiger partial charge in [-0.2, -0.15) is 0 Å². The van der Waals surface area contributed by atoms with Gasteiger partial charge in [0.15, 0.2) is 0 Å². The zero-order valence-corrected chi connectivity index (χ0v) is 7.33. The second-order valence-corrected chi connectivity index (χ2v) is 3.88. The summed E-state index contributed by atoms with van der Waals surface area (Å²) >= 11 is 0. The highest BCUT2D eigenvalue weighted by molar-refractivity contribution is 7.41. The molecule has 11 heavy (non-hydrogen) atoms. The number of hydrogen-bond donors (Lipinski definition) is 0. The molecule has 0 aliphatic carbocycles. The molecule has 0 radical (unpaired) electrons. The Morgan fingerprint density at radius 3 is 3.00 bits per heavy atom. The fourth-order valence-corrected chi connectivity index (χ4v) is 2.07. The quantitative estimate of drug-likeness (QED) is 0.474. The minimum Gasteiger partial charge on any atom is -0.465 e. The van der Waals surface area contributed by atoms with E-state index in [1.165, 1.54) is 0 Å². The van der Waals surface area contributed by atoms with Crippen LogP contribution in [-0.4, -0.2) is 24.8 Å². The van der Waals surface area contributed by atoms with E-state index in [9.17, 15) is 9.36 Å². The summed E-state index contributed by atoms with van der Waals surface area (Å²) in [4.78, 5) is 10.8. The van der Waals surface area contributed by atoms with Crippen LogP contribution in [0.4, 0.5) is 0 Å². The van der Waals surface area contributed by atoms with Crippen molar-refractivity contribution in [3.63, 3.8) is 0 Å². The predicted octanol–water partition coefficient (Wildman–Crippen LogP) is 0.813. The first-order chi connectivity index (χ1) is 5.25. The van der Waals surface area contributed by atoms with E-state index >= 15 is 0 Å². The fourth-order valence-electron chi connectivity index (χ4n) is 0.953. The van der Waals surface area contributed by atoms with Crippen LogP contribution in [0.5, 0.6) is 0 Å². The van der Waals surface area contributed by atoms with Crippen LogP contribution in [0.25, 0.3) is 0 Å². The lowest BCUT2D eigenvalue weighted by Gasteiger charge is -2.03. The van der Waals surface area contributed by atoms with E-state index in [4.69, 9.17) is 4.52 Å². The molecule has 0 saturated carbocycles. The highest BCUT2D eigenvalue weighted by atomic mass is 31.1. The smallest absolute Gasteiger partial charge is 0.318 e. The lowest BCUT2D eigenvalue weighted by Crippen LogP contribution is -2.10. The Hall–Kier alpha value is -0.340. The van der Waals surface area contributed by atoms with Gasteiger partial charge in [-0.25, -0.2) is 0 Å². The van der Waals surface area contributed by atoms with E-state index in [0.717, 1.165) is 0 Å². The molecule has 0 amide bonds. The van der Waals surface area contributed by atoms with Crippen molar-refractivity contribution >= 4 is 14.0 Å². The molecule has 4 nitrogen and oxygen atoms in total. The zero-order valence-electron chi connectivity index (χ0n) is 6.33. The van der Waals surface area contributed by atoms with E-state index in [1.807, 2.05) is 0 Å². The average Bonchev–Trinajstić information content (AvgIpc) is 2.36. The third-order valence-corrected chi connectivity index (χ3v) is 3.17. The molecule has 2 unspecified atom stereocenters. The van der Waals surface area contributed by atoms with Gasteiger partial charge < -0.3 is 9.26 Å². The molecule has 0 aromatic carbocycles. The first-order valence-electron chi connectivity index (χ1n) is 3.59. The molecule has 1 aliphatic rings. The van der Waals surface area contributed by atoms with Gasteiger partial charge in [0.25, 0.3) is 0 Å². The minimum atomic E-state index is -2.19. The number of ether oxygens (including phenoxy) is 1. The van der Waals surface area contributed by atoms with Crippen molar-refractivity contribution in [2.24, 2.45) is 0 Å². The topological polar surface area (TPSA) is 52.6 Å². The van der Waals surface area contributed by atoms with Gasteiger partial charge in [0.1, 0.15) is 5.66 Å². The Morgan fingerprint density at radius 2 is 2.55 bits per heavy atom. The van der Waals surface area contributed by atoms with Crippen LogP contribution in [0, 0.1) is 0 Å². The van der Waals surface area contributed by atoms with E-state index < -0.39 is 13.7 Å². The zero-order chi connectivity index (χ0) is 8.27. The summed E-state index contributed by atoms with van der Waals surface area (Å²) in [5.41, 5.74) is -0.486. The molecule has 0 aromatic rings. The highest BCUT2D eigenvalue weighted by Gasteiger charge is 2.32. The summed E-state index contributed by atoms with van der Waals surface area (Å²) in [6, 6.07) is 0. The SMILES string of the molecule is CCO[PH](=O)C1CCOC1=O. The van der Waals surface area contributed by atoms with E-state index in [-0.39, 0.29) is 5.97 Å². The molecule has 5 heteroatoms.